The van der Waals surface area contributed by atoms with Gasteiger partial charge in [-0.25, -0.2) is 9.59 Å². The molecule has 6 nitrogen and oxygen atoms in total. The number of thioether (sulfide) groups is 1. The zero-order valence-corrected chi connectivity index (χ0v) is 11.5. The van der Waals surface area contributed by atoms with E-state index in [0.29, 0.717) is 12.3 Å². The lowest BCUT2D eigenvalue weighted by molar-refractivity contribution is 0.0698. The van der Waals surface area contributed by atoms with Crippen molar-refractivity contribution in [3.05, 3.63) is 23.8 Å². The van der Waals surface area contributed by atoms with Crippen LogP contribution in [0.3, 0.4) is 0 Å². The Labute approximate surface area is 115 Å². The molecule has 1 rings (SSSR count). The van der Waals surface area contributed by atoms with Gasteiger partial charge >= 0.3 is 12.0 Å². The molecule has 7 heteroatoms. The minimum atomic E-state index is -1.11. The van der Waals surface area contributed by atoms with Gasteiger partial charge in [-0.2, -0.15) is 11.8 Å². The van der Waals surface area contributed by atoms with Crippen molar-refractivity contribution in [1.29, 1.82) is 0 Å². The molecule has 0 spiro atoms. The molecular weight excluding hydrogens is 268 g/mol. The highest BCUT2D eigenvalue weighted by Gasteiger charge is 2.13. The largest absolute Gasteiger partial charge is 0.497 e. The van der Waals surface area contributed by atoms with Crippen LogP contribution in [0.15, 0.2) is 18.2 Å². The van der Waals surface area contributed by atoms with E-state index in [1.54, 1.807) is 11.8 Å². The first kappa shape index (κ1) is 15.2. The molecule has 0 aliphatic rings. The van der Waals surface area contributed by atoms with E-state index in [1.165, 1.54) is 25.3 Å². The maximum absolute atomic E-state index is 11.6. The normalized spacial score (nSPS) is 9.79. The molecule has 0 atom stereocenters. The van der Waals surface area contributed by atoms with E-state index in [1.807, 2.05) is 6.26 Å². The third kappa shape index (κ3) is 4.70. The fraction of sp³-hybridized carbons (Fsp3) is 0.333. The van der Waals surface area contributed by atoms with Crippen molar-refractivity contribution in [1.82, 2.24) is 5.32 Å². The average molecular weight is 284 g/mol. The molecule has 0 saturated heterocycles. The summed E-state index contributed by atoms with van der Waals surface area (Å²) in [6, 6.07) is 3.95. The van der Waals surface area contributed by atoms with E-state index in [0.717, 1.165) is 5.75 Å². The fourth-order valence-corrected chi connectivity index (χ4v) is 1.68. The molecule has 0 heterocycles. The molecule has 1 aromatic rings. The number of carbonyl (C=O) groups is 2. The number of benzene rings is 1. The summed E-state index contributed by atoms with van der Waals surface area (Å²) in [7, 11) is 1.47. The quantitative estimate of drug-likeness (QED) is 0.694. The van der Waals surface area contributed by atoms with Crippen molar-refractivity contribution < 1.29 is 19.4 Å². The number of ether oxygens (including phenoxy) is 1. The van der Waals surface area contributed by atoms with E-state index in [4.69, 9.17) is 9.84 Å². The van der Waals surface area contributed by atoms with Crippen molar-refractivity contribution in [2.75, 3.05) is 31.0 Å². The van der Waals surface area contributed by atoms with Crippen LogP contribution in [0.1, 0.15) is 10.4 Å². The third-order valence-electron chi connectivity index (χ3n) is 2.30. The summed E-state index contributed by atoms with van der Waals surface area (Å²) in [5.41, 5.74) is 0.217. The van der Waals surface area contributed by atoms with Crippen LogP contribution >= 0.6 is 11.8 Å². The monoisotopic (exact) mass is 284 g/mol. The zero-order valence-electron chi connectivity index (χ0n) is 10.7. The Balaban J connectivity index is 2.79. The van der Waals surface area contributed by atoms with E-state index in [-0.39, 0.29) is 11.3 Å². The summed E-state index contributed by atoms with van der Waals surface area (Å²) in [5.74, 6) is 0.156. The molecule has 0 aliphatic heterocycles. The fourth-order valence-electron chi connectivity index (χ4n) is 1.37. The van der Waals surface area contributed by atoms with Gasteiger partial charge in [0.15, 0.2) is 0 Å². The van der Waals surface area contributed by atoms with E-state index in [9.17, 15) is 9.59 Å². The third-order valence-corrected chi connectivity index (χ3v) is 2.91. The first-order valence-electron chi connectivity index (χ1n) is 5.53. The number of carbonyl (C=O) groups excluding carboxylic acids is 1. The van der Waals surface area contributed by atoms with Crippen molar-refractivity contribution in [2.24, 2.45) is 0 Å². The lowest BCUT2D eigenvalue weighted by atomic mass is 10.1. The first-order valence-corrected chi connectivity index (χ1v) is 6.93. The van der Waals surface area contributed by atoms with Crippen molar-refractivity contribution in [3.63, 3.8) is 0 Å². The van der Waals surface area contributed by atoms with Crippen LogP contribution in [0.4, 0.5) is 10.5 Å². The van der Waals surface area contributed by atoms with Gasteiger partial charge in [-0.3, -0.25) is 0 Å². The minimum Gasteiger partial charge on any atom is -0.497 e. The Kier molecular flexibility index (Phi) is 6.01. The molecule has 0 saturated carbocycles. The molecule has 1 aromatic carbocycles. The van der Waals surface area contributed by atoms with Gasteiger partial charge in [0.05, 0.1) is 18.4 Å². The number of carboxylic acid groups (broad SMARTS) is 1. The SMILES string of the molecule is COc1ccc(C(=O)O)c(NC(=O)NCCSC)c1. The summed E-state index contributed by atoms with van der Waals surface area (Å²) in [6.07, 6.45) is 1.93. The second-order valence-corrected chi connectivity index (χ2v) is 4.58. The van der Waals surface area contributed by atoms with Crippen LogP contribution in [0.5, 0.6) is 5.75 Å². The Morgan fingerprint density at radius 2 is 2.16 bits per heavy atom. The molecule has 0 aromatic heterocycles. The van der Waals surface area contributed by atoms with Gasteiger partial charge in [-0.15, -0.1) is 0 Å². The summed E-state index contributed by atoms with van der Waals surface area (Å²) in [4.78, 5) is 22.6. The first-order chi connectivity index (χ1) is 9.08. The Morgan fingerprint density at radius 3 is 2.74 bits per heavy atom. The lowest BCUT2D eigenvalue weighted by Gasteiger charge is -2.11. The molecule has 0 aliphatic carbocycles. The highest BCUT2D eigenvalue weighted by molar-refractivity contribution is 7.98. The molecular formula is C12H16N2O4S. The molecule has 2 amide bonds. The van der Waals surface area contributed by atoms with Gasteiger partial charge in [0.25, 0.3) is 0 Å². The number of nitrogens with one attached hydrogen (secondary N) is 2. The highest BCUT2D eigenvalue weighted by atomic mass is 32.2. The maximum Gasteiger partial charge on any atom is 0.337 e. The Bertz CT molecular complexity index is 465. The van der Waals surface area contributed by atoms with Gasteiger partial charge in [0.1, 0.15) is 5.75 Å². The number of rotatable bonds is 6. The Hall–Kier alpha value is -1.89. The molecule has 0 radical (unpaired) electrons. The van der Waals surface area contributed by atoms with Crippen LogP contribution in [0, 0.1) is 0 Å². The van der Waals surface area contributed by atoms with Crippen LogP contribution in [0.2, 0.25) is 0 Å². The molecule has 0 bridgehead atoms. The van der Waals surface area contributed by atoms with E-state index >= 15 is 0 Å². The number of carboxylic acids is 1. The molecule has 104 valence electrons. The second-order valence-electron chi connectivity index (χ2n) is 3.59. The van der Waals surface area contributed by atoms with Crippen LogP contribution in [-0.4, -0.2) is 42.8 Å². The number of aromatic carboxylic acids is 1. The number of hydrogen-bond donors (Lipinski definition) is 3. The number of anilines is 1. The summed E-state index contributed by atoms with van der Waals surface area (Å²) in [6.45, 7) is 0.513. The maximum atomic E-state index is 11.6. The predicted octanol–water partition coefficient (Wildman–Crippen LogP) is 1.88. The lowest BCUT2D eigenvalue weighted by Crippen LogP contribution is -2.31. The van der Waals surface area contributed by atoms with Crippen molar-refractivity contribution >= 4 is 29.4 Å². The van der Waals surface area contributed by atoms with Gasteiger partial charge in [-0.05, 0) is 18.4 Å². The number of urea groups is 1. The predicted molar refractivity (Wildman–Crippen MR) is 75.4 cm³/mol. The molecule has 3 N–H and O–H groups in total. The Morgan fingerprint density at radius 1 is 1.42 bits per heavy atom. The van der Waals surface area contributed by atoms with E-state index in [2.05, 4.69) is 10.6 Å². The summed E-state index contributed by atoms with van der Waals surface area (Å²) >= 11 is 1.61. The van der Waals surface area contributed by atoms with Gasteiger partial charge in [0.2, 0.25) is 0 Å². The van der Waals surface area contributed by atoms with Gasteiger partial charge in [-0.1, -0.05) is 0 Å². The second kappa shape index (κ2) is 7.52. The van der Waals surface area contributed by atoms with E-state index < -0.39 is 12.0 Å². The number of amides is 2. The van der Waals surface area contributed by atoms with Gasteiger partial charge in [0, 0.05) is 18.4 Å². The topological polar surface area (TPSA) is 87.7 Å². The number of methoxy groups -OCH3 is 1. The average Bonchev–Trinajstić information content (AvgIpc) is 2.38. The van der Waals surface area contributed by atoms with Crippen LogP contribution in [-0.2, 0) is 0 Å². The summed E-state index contributed by atoms with van der Waals surface area (Å²) < 4.78 is 5.00. The smallest absolute Gasteiger partial charge is 0.337 e. The van der Waals surface area contributed by atoms with Crippen LogP contribution in [0.25, 0.3) is 0 Å². The molecule has 19 heavy (non-hydrogen) atoms. The van der Waals surface area contributed by atoms with Gasteiger partial charge < -0.3 is 20.5 Å². The van der Waals surface area contributed by atoms with Crippen molar-refractivity contribution in [3.8, 4) is 5.75 Å². The standard InChI is InChI=1S/C12H16N2O4S/c1-18-8-3-4-9(11(15)16)10(7-8)14-12(17)13-5-6-19-2/h3-4,7H,5-6H2,1-2H3,(H,15,16)(H2,13,14,17). The molecule has 0 unspecified atom stereocenters. The minimum absolute atomic E-state index is 0.0146. The summed E-state index contributed by atoms with van der Waals surface area (Å²) in [5, 5.41) is 14.2. The molecule has 0 fully saturated rings. The number of hydrogen-bond acceptors (Lipinski definition) is 4. The highest BCUT2D eigenvalue weighted by Crippen LogP contribution is 2.22. The van der Waals surface area contributed by atoms with Crippen LogP contribution < -0.4 is 15.4 Å². The van der Waals surface area contributed by atoms with Crippen molar-refractivity contribution in [2.45, 2.75) is 0 Å². The zero-order chi connectivity index (χ0) is 14.3.